The van der Waals surface area contributed by atoms with Gasteiger partial charge >= 0.3 is 11.9 Å². The van der Waals surface area contributed by atoms with Crippen LogP contribution in [-0.4, -0.2) is 70.4 Å². The van der Waals surface area contributed by atoms with Gasteiger partial charge in [-0.15, -0.1) is 0 Å². The molecule has 0 bridgehead atoms. The molecule has 0 aromatic carbocycles. The molecule has 0 unspecified atom stereocenters. The van der Waals surface area contributed by atoms with E-state index in [0.29, 0.717) is 12.8 Å². The Hall–Kier alpha value is -1.18. The number of hydrogen-bond acceptors (Lipinski definition) is 7. The monoisotopic (exact) mass is 440 g/mol. The van der Waals surface area contributed by atoms with E-state index >= 15 is 0 Å². The molecule has 7 heteroatoms. The zero-order chi connectivity index (χ0) is 23.8. The van der Waals surface area contributed by atoms with Crippen molar-refractivity contribution in [3.8, 4) is 0 Å². The lowest BCUT2D eigenvalue weighted by Gasteiger charge is -2.53. The highest BCUT2D eigenvalue weighted by molar-refractivity contribution is 5.77. The summed E-state index contributed by atoms with van der Waals surface area (Å²) in [7, 11) is 3.79. The Labute approximate surface area is 188 Å². The molecule has 2 rings (SSSR count). The van der Waals surface area contributed by atoms with Crippen molar-refractivity contribution in [1.29, 1.82) is 0 Å². The number of piperidine rings is 2. The highest BCUT2D eigenvalue weighted by Crippen LogP contribution is 2.40. The fourth-order valence-electron chi connectivity index (χ4n) is 5.81. The lowest BCUT2D eigenvalue weighted by molar-refractivity contribution is -0.278. The van der Waals surface area contributed by atoms with Gasteiger partial charge in [-0.25, -0.2) is 0 Å². The second kappa shape index (κ2) is 8.99. The Morgan fingerprint density at radius 3 is 1.35 bits per heavy atom. The first kappa shape index (κ1) is 26.1. The van der Waals surface area contributed by atoms with Crippen LogP contribution in [0.4, 0.5) is 0 Å². The van der Waals surface area contributed by atoms with Crippen molar-refractivity contribution in [1.82, 2.24) is 9.96 Å². The summed E-state index contributed by atoms with van der Waals surface area (Å²) < 4.78 is 11.5. The van der Waals surface area contributed by atoms with Gasteiger partial charge in [0.25, 0.3) is 0 Å². The molecule has 0 aliphatic carbocycles. The van der Waals surface area contributed by atoms with Crippen LogP contribution in [0.2, 0.25) is 0 Å². The standard InChI is InChI=1S/C24H44N2O5/c1-21(2)13-17(14-22(3,4)25(21)9)30-19(27)11-12-20(28)31-18-15-23(5,6)26(29-10)24(7,8)16-18/h17-18H,11-16H2,1-10H3. The van der Waals surface area contributed by atoms with Crippen molar-refractivity contribution in [3.05, 3.63) is 0 Å². The van der Waals surface area contributed by atoms with Crippen LogP contribution in [0.25, 0.3) is 0 Å². The maximum atomic E-state index is 12.4. The van der Waals surface area contributed by atoms with Crippen molar-refractivity contribution in [3.63, 3.8) is 0 Å². The smallest absolute Gasteiger partial charge is 0.306 e. The molecule has 0 aromatic rings. The molecule has 180 valence electrons. The number of hydroxylamine groups is 2. The van der Waals surface area contributed by atoms with E-state index in [4.69, 9.17) is 14.3 Å². The molecule has 2 fully saturated rings. The van der Waals surface area contributed by atoms with Crippen LogP contribution < -0.4 is 0 Å². The van der Waals surface area contributed by atoms with Crippen LogP contribution in [0.1, 0.15) is 93.9 Å². The van der Waals surface area contributed by atoms with Gasteiger partial charge in [0.15, 0.2) is 0 Å². The van der Waals surface area contributed by atoms with Crippen molar-refractivity contribution >= 4 is 11.9 Å². The van der Waals surface area contributed by atoms with E-state index in [-0.39, 0.29) is 59.1 Å². The summed E-state index contributed by atoms with van der Waals surface area (Å²) >= 11 is 0. The highest BCUT2D eigenvalue weighted by Gasteiger charge is 2.47. The first-order chi connectivity index (χ1) is 14.0. The van der Waals surface area contributed by atoms with Gasteiger partial charge < -0.3 is 14.3 Å². The molecule has 0 aromatic heterocycles. The Morgan fingerprint density at radius 2 is 1.03 bits per heavy atom. The Balaban J connectivity index is 1.84. The topological polar surface area (TPSA) is 68.3 Å². The molecule has 2 aliphatic heterocycles. The fraction of sp³-hybridized carbons (Fsp3) is 0.917. The minimum absolute atomic E-state index is 0.0452. The summed E-state index contributed by atoms with van der Waals surface area (Å²) in [4.78, 5) is 32.8. The Kier molecular flexibility index (Phi) is 7.56. The number of carbonyl (C=O) groups is 2. The quantitative estimate of drug-likeness (QED) is 0.576. The molecule has 0 N–H and O–H groups in total. The Bertz CT molecular complexity index is 635. The number of carbonyl (C=O) groups excluding carboxylic acids is 2. The van der Waals surface area contributed by atoms with E-state index in [1.54, 1.807) is 7.11 Å². The van der Waals surface area contributed by atoms with Crippen LogP contribution in [0.5, 0.6) is 0 Å². The molecule has 0 atom stereocenters. The lowest BCUT2D eigenvalue weighted by Crippen LogP contribution is -2.61. The normalized spacial score (nSPS) is 26.4. The number of hydrogen-bond donors (Lipinski definition) is 0. The SMILES string of the molecule is CON1C(C)(C)CC(OC(=O)CCC(=O)OC2CC(C)(C)N(C)C(C)(C)C2)CC1(C)C. The molecule has 2 heterocycles. The van der Waals surface area contributed by atoms with Gasteiger partial charge in [0.2, 0.25) is 0 Å². The van der Waals surface area contributed by atoms with Gasteiger partial charge in [0.1, 0.15) is 12.2 Å². The minimum Gasteiger partial charge on any atom is -0.462 e. The highest BCUT2D eigenvalue weighted by atomic mass is 16.7. The third-order valence-electron chi connectivity index (χ3n) is 7.14. The maximum absolute atomic E-state index is 12.4. The van der Waals surface area contributed by atoms with E-state index in [1.165, 1.54) is 0 Å². The number of likely N-dealkylation sites (tertiary alicyclic amines) is 1. The molecule has 0 radical (unpaired) electrons. The van der Waals surface area contributed by atoms with Gasteiger partial charge in [0.05, 0.1) is 20.0 Å². The number of rotatable bonds is 6. The van der Waals surface area contributed by atoms with Gasteiger partial charge in [-0.2, -0.15) is 5.06 Å². The number of esters is 2. The fourth-order valence-corrected chi connectivity index (χ4v) is 5.81. The van der Waals surface area contributed by atoms with E-state index in [0.717, 1.165) is 12.8 Å². The second-order valence-electron chi connectivity index (χ2n) is 11.8. The van der Waals surface area contributed by atoms with E-state index in [1.807, 2.05) is 5.06 Å². The van der Waals surface area contributed by atoms with Crippen LogP contribution in [0.15, 0.2) is 0 Å². The first-order valence-electron chi connectivity index (χ1n) is 11.5. The van der Waals surface area contributed by atoms with Crippen molar-refractivity contribution < 1.29 is 23.9 Å². The lowest BCUT2D eigenvalue weighted by atomic mass is 9.79. The molecule has 7 nitrogen and oxygen atoms in total. The first-order valence-corrected chi connectivity index (χ1v) is 11.5. The van der Waals surface area contributed by atoms with E-state index in [2.05, 4.69) is 67.3 Å². The molecule has 0 amide bonds. The third-order valence-corrected chi connectivity index (χ3v) is 7.14. The van der Waals surface area contributed by atoms with Gasteiger partial charge in [0, 0.05) is 47.8 Å². The summed E-state index contributed by atoms with van der Waals surface area (Å²) in [6.07, 6.45) is 2.69. The van der Waals surface area contributed by atoms with Crippen LogP contribution in [0.3, 0.4) is 0 Å². The van der Waals surface area contributed by atoms with Gasteiger partial charge in [-0.1, -0.05) is 0 Å². The third kappa shape index (κ3) is 6.20. The molecule has 31 heavy (non-hydrogen) atoms. The molecule has 0 spiro atoms. The summed E-state index contributed by atoms with van der Waals surface area (Å²) in [6, 6.07) is 0. The molecule has 0 saturated carbocycles. The zero-order valence-corrected chi connectivity index (χ0v) is 21.3. The number of ether oxygens (including phenoxy) is 2. The summed E-state index contributed by atoms with van der Waals surface area (Å²) in [6.45, 7) is 17.0. The second-order valence-corrected chi connectivity index (χ2v) is 11.8. The van der Waals surface area contributed by atoms with E-state index in [9.17, 15) is 9.59 Å². The average Bonchev–Trinajstić information content (AvgIpc) is 2.55. The predicted octanol–water partition coefficient (Wildman–Crippen LogP) is 4.09. The number of nitrogens with zero attached hydrogens (tertiary/aromatic N) is 2. The van der Waals surface area contributed by atoms with Crippen molar-refractivity contribution in [2.75, 3.05) is 14.2 Å². The minimum atomic E-state index is -0.344. The molecule has 2 saturated heterocycles. The van der Waals surface area contributed by atoms with Gasteiger partial charge in [-0.3, -0.25) is 14.5 Å². The van der Waals surface area contributed by atoms with Crippen LogP contribution in [0, 0.1) is 0 Å². The zero-order valence-electron chi connectivity index (χ0n) is 21.3. The molecular formula is C24H44N2O5. The van der Waals surface area contributed by atoms with Crippen molar-refractivity contribution in [2.45, 2.75) is 128 Å². The van der Waals surface area contributed by atoms with Crippen molar-refractivity contribution in [2.24, 2.45) is 0 Å². The summed E-state index contributed by atoms with van der Waals surface area (Å²) in [5.74, 6) is -0.670. The predicted molar refractivity (Wildman–Crippen MR) is 120 cm³/mol. The molecule has 2 aliphatic rings. The summed E-state index contributed by atoms with van der Waals surface area (Å²) in [5.41, 5.74) is -0.618. The maximum Gasteiger partial charge on any atom is 0.306 e. The van der Waals surface area contributed by atoms with Crippen LogP contribution in [-0.2, 0) is 23.9 Å². The van der Waals surface area contributed by atoms with Gasteiger partial charge in [-0.05, 0) is 62.4 Å². The average molecular weight is 441 g/mol. The Morgan fingerprint density at radius 1 is 0.710 bits per heavy atom. The van der Waals surface area contributed by atoms with E-state index < -0.39 is 0 Å². The molecular weight excluding hydrogens is 396 g/mol. The van der Waals surface area contributed by atoms with Crippen LogP contribution >= 0.6 is 0 Å². The summed E-state index contributed by atoms with van der Waals surface area (Å²) in [5, 5.41) is 1.98. The largest absolute Gasteiger partial charge is 0.462 e.